The Morgan fingerprint density at radius 2 is 2.17 bits per heavy atom. The second kappa shape index (κ2) is 6.70. The fraction of sp³-hybridized carbons (Fsp3) is 0.600. The van der Waals surface area contributed by atoms with Crippen molar-refractivity contribution in [2.75, 3.05) is 6.54 Å². The third-order valence-corrected chi connectivity index (χ3v) is 2.29. The van der Waals surface area contributed by atoms with Crippen LogP contribution in [-0.2, 0) is 16.1 Å². The molecule has 4 N–H and O–H groups in total. The molecular weight excluding hydrogens is 238 g/mol. The first-order valence-corrected chi connectivity index (χ1v) is 5.56. The molecule has 1 heterocycles. The van der Waals surface area contributed by atoms with E-state index in [1.54, 1.807) is 0 Å². The summed E-state index contributed by atoms with van der Waals surface area (Å²) < 4.78 is 4.50. The summed E-state index contributed by atoms with van der Waals surface area (Å²) in [6.07, 6.45) is 1.17. The Morgan fingerprint density at radius 1 is 1.44 bits per heavy atom. The van der Waals surface area contributed by atoms with Crippen molar-refractivity contribution in [1.29, 1.82) is 0 Å². The van der Waals surface area contributed by atoms with Crippen molar-refractivity contribution in [2.24, 2.45) is 11.7 Å². The van der Waals surface area contributed by atoms with Crippen LogP contribution in [0.15, 0.2) is 10.9 Å². The Labute approximate surface area is 104 Å². The average molecular weight is 255 g/mol. The second-order valence-electron chi connectivity index (χ2n) is 4.11. The molecule has 1 rings (SSSR count). The molecule has 0 saturated carbocycles. The van der Waals surface area contributed by atoms with Gasteiger partial charge < -0.3 is 20.9 Å². The molecule has 0 bridgehead atoms. The fourth-order valence-electron chi connectivity index (χ4n) is 1.10. The van der Waals surface area contributed by atoms with Crippen LogP contribution in [0.2, 0.25) is 0 Å². The summed E-state index contributed by atoms with van der Waals surface area (Å²) in [4.78, 5) is 26.6. The van der Waals surface area contributed by atoms with Crippen LogP contribution in [0.4, 0.5) is 0 Å². The second-order valence-corrected chi connectivity index (χ2v) is 4.11. The first kappa shape index (κ1) is 14.1. The van der Waals surface area contributed by atoms with Gasteiger partial charge in [0.2, 0.25) is 18.2 Å². The smallest absolute Gasteiger partial charge is 0.239 e. The predicted octanol–water partition coefficient (Wildman–Crippen LogP) is -1.21. The molecule has 2 amide bonds. The van der Waals surface area contributed by atoms with Gasteiger partial charge in [0.1, 0.15) is 0 Å². The van der Waals surface area contributed by atoms with Gasteiger partial charge >= 0.3 is 0 Å². The minimum atomic E-state index is -0.616. The van der Waals surface area contributed by atoms with Crippen LogP contribution < -0.4 is 16.4 Å². The number of amides is 2. The fourth-order valence-corrected chi connectivity index (χ4v) is 1.10. The zero-order valence-corrected chi connectivity index (χ0v) is 10.3. The van der Waals surface area contributed by atoms with Crippen molar-refractivity contribution >= 4 is 11.8 Å². The average Bonchev–Trinajstić information content (AvgIpc) is 2.85. The topological polar surface area (TPSA) is 123 Å². The maximum Gasteiger partial charge on any atom is 0.239 e. The van der Waals surface area contributed by atoms with E-state index in [-0.39, 0.29) is 30.8 Å². The number of carbonyl (C=O) groups excluding carboxylic acids is 2. The lowest BCUT2D eigenvalue weighted by Crippen LogP contribution is -2.47. The van der Waals surface area contributed by atoms with E-state index in [2.05, 4.69) is 25.3 Å². The minimum Gasteiger partial charge on any atom is -0.347 e. The van der Waals surface area contributed by atoms with E-state index in [1.807, 2.05) is 13.8 Å². The number of carbonyl (C=O) groups is 2. The van der Waals surface area contributed by atoms with Gasteiger partial charge in [0.25, 0.3) is 0 Å². The molecule has 0 spiro atoms. The Kier molecular flexibility index (Phi) is 5.25. The van der Waals surface area contributed by atoms with E-state index < -0.39 is 6.04 Å². The molecule has 0 radical (unpaired) electrons. The molecule has 0 aliphatic carbocycles. The van der Waals surface area contributed by atoms with Gasteiger partial charge in [-0.1, -0.05) is 19.0 Å². The summed E-state index contributed by atoms with van der Waals surface area (Å²) in [6, 6.07) is -0.616. The van der Waals surface area contributed by atoms with Crippen LogP contribution in [0.5, 0.6) is 0 Å². The third-order valence-electron chi connectivity index (χ3n) is 2.29. The molecule has 8 heteroatoms. The first-order chi connectivity index (χ1) is 8.50. The number of hydrogen-bond acceptors (Lipinski definition) is 6. The van der Waals surface area contributed by atoms with Crippen LogP contribution in [0.3, 0.4) is 0 Å². The summed E-state index contributed by atoms with van der Waals surface area (Å²) in [5, 5.41) is 8.51. The number of nitrogens with two attached hydrogens (primary N) is 1. The third kappa shape index (κ3) is 4.50. The van der Waals surface area contributed by atoms with Crippen LogP contribution in [0.25, 0.3) is 0 Å². The first-order valence-electron chi connectivity index (χ1n) is 5.56. The van der Waals surface area contributed by atoms with Crippen molar-refractivity contribution in [3.8, 4) is 0 Å². The predicted molar refractivity (Wildman–Crippen MR) is 62.0 cm³/mol. The van der Waals surface area contributed by atoms with Crippen LogP contribution in [0.1, 0.15) is 19.7 Å². The molecular formula is C10H17N5O3. The van der Waals surface area contributed by atoms with Crippen LogP contribution in [-0.4, -0.2) is 34.5 Å². The standard InChI is InChI=1S/C10H17N5O3/c1-6(2)9(11)10(17)13-4-8(16)12-3-7-14-5-18-15-7/h5-6,9H,3-4,11H2,1-2H3,(H,12,16)(H,13,17)/t9-/m0/s1. The van der Waals surface area contributed by atoms with Gasteiger partial charge in [0, 0.05) is 0 Å². The lowest BCUT2D eigenvalue weighted by Gasteiger charge is -2.14. The molecule has 1 aromatic heterocycles. The molecule has 0 aliphatic heterocycles. The summed E-state index contributed by atoms with van der Waals surface area (Å²) in [5.41, 5.74) is 5.62. The molecule has 1 aromatic rings. The highest BCUT2D eigenvalue weighted by Crippen LogP contribution is 1.97. The van der Waals surface area contributed by atoms with Gasteiger partial charge in [-0.25, -0.2) is 0 Å². The lowest BCUT2D eigenvalue weighted by molar-refractivity contribution is -0.127. The molecule has 1 atom stereocenters. The van der Waals surface area contributed by atoms with Crippen molar-refractivity contribution in [3.05, 3.63) is 12.2 Å². The number of nitrogens with one attached hydrogen (secondary N) is 2. The van der Waals surface area contributed by atoms with E-state index in [0.29, 0.717) is 5.82 Å². The van der Waals surface area contributed by atoms with Crippen LogP contribution in [0, 0.1) is 5.92 Å². The highest BCUT2D eigenvalue weighted by Gasteiger charge is 2.17. The Hall–Kier alpha value is -1.96. The normalized spacial score (nSPS) is 12.2. The van der Waals surface area contributed by atoms with Gasteiger partial charge in [0.15, 0.2) is 5.82 Å². The lowest BCUT2D eigenvalue weighted by atomic mass is 10.1. The molecule has 100 valence electrons. The summed E-state index contributed by atoms with van der Waals surface area (Å²) in [6.45, 7) is 3.69. The number of nitrogens with zero attached hydrogens (tertiary/aromatic N) is 2. The van der Waals surface area contributed by atoms with E-state index in [4.69, 9.17) is 5.73 Å². The molecule has 0 aromatic carbocycles. The van der Waals surface area contributed by atoms with E-state index in [9.17, 15) is 9.59 Å². The van der Waals surface area contributed by atoms with Crippen molar-refractivity contribution < 1.29 is 14.1 Å². The summed E-state index contributed by atoms with van der Waals surface area (Å²) >= 11 is 0. The zero-order chi connectivity index (χ0) is 13.5. The zero-order valence-electron chi connectivity index (χ0n) is 10.3. The van der Waals surface area contributed by atoms with Gasteiger partial charge in [-0.3, -0.25) is 9.59 Å². The highest BCUT2D eigenvalue weighted by molar-refractivity contribution is 5.87. The number of rotatable bonds is 6. The highest BCUT2D eigenvalue weighted by atomic mass is 16.5. The minimum absolute atomic E-state index is 0.0207. The largest absolute Gasteiger partial charge is 0.347 e. The molecule has 8 nitrogen and oxygen atoms in total. The van der Waals surface area contributed by atoms with Gasteiger partial charge in [-0.05, 0) is 5.92 Å². The number of aromatic nitrogens is 2. The monoisotopic (exact) mass is 255 g/mol. The van der Waals surface area contributed by atoms with Gasteiger partial charge in [-0.2, -0.15) is 4.98 Å². The molecule has 0 unspecified atom stereocenters. The number of hydrogen-bond donors (Lipinski definition) is 3. The van der Waals surface area contributed by atoms with Crippen molar-refractivity contribution in [2.45, 2.75) is 26.4 Å². The molecule has 18 heavy (non-hydrogen) atoms. The van der Waals surface area contributed by atoms with Gasteiger partial charge in [-0.15, -0.1) is 0 Å². The van der Waals surface area contributed by atoms with Crippen molar-refractivity contribution in [3.63, 3.8) is 0 Å². The van der Waals surface area contributed by atoms with E-state index in [1.165, 1.54) is 6.39 Å². The molecule has 0 saturated heterocycles. The summed E-state index contributed by atoms with van der Waals surface area (Å²) in [7, 11) is 0. The quantitative estimate of drug-likeness (QED) is 0.585. The van der Waals surface area contributed by atoms with Crippen LogP contribution >= 0.6 is 0 Å². The van der Waals surface area contributed by atoms with Gasteiger partial charge in [0.05, 0.1) is 19.1 Å². The maximum atomic E-state index is 11.5. The maximum absolute atomic E-state index is 11.5. The molecule has 0 fully saturated rings. The van der Waals surface area contributed by atoms with E-state index in [0.717, 1.165) is 0 Å². The van der Waals surface area contributed by atoms with E-state index >= 15 is 0 Å². The Morgan fingerprint density at radius 3 is 2.72 bits per heavy atom. The summed E-state index contributed by atoms with van der Waals surface area (Å²) in [5.74, 6) is -0.301. The molecule has 0 aliphatic rings. The SMILES string of the molecule is CC(C)[C@H](N)C(=O)NCC(=O)NCc1ncon1. The van der Waals surface area contributed by atoms with Crippen molar-refractivity contribution in [1.82, 2.24) is 20.8 Å². The Bertz CT molecular complexity index is 390. The Balaban J connectivity index is 2.23.